The maximum atomic E-state index is 7.46. The first-order chi connectivity index (χ1) is 14.1. The van der Waals surface area contributed by atoms with E-state index >= 15 is 0 Å². The van der Waals surface area contributed by atoms with Crippen LogP contribution in [-0.2, 0) is 12.8 Å². The minimum absolute atomic E-state index is 0.136. The van der Waals surface area contributed by atoms with Crippen molar-refractivity contribution in [3.63, 3.8) is 0 Å². The molecule has 0 bridgehead atoms. The van der Waals surface area contributed by atoms with Gasteiger partial charge in [-0.2, -0.15) is 0 Å². The van der Waals surface area contributed by atoms with E-state index in [2.05, 4.69) is 10.6 Å². The molecule has 2 aliphatic rings. The number of hydrogen-bond acceptors (Lipinski definition) is 5. The number of fused-ring (bicyclic) bond motifs is 2. The third-order valence-corrected chi connectivity index (χ3v) is 4.94. The standard InChI is InChI=1S/C19H25N3O2/c1-23-17-9-14-16(10-18(17)24-2)22-15-7-3-6-13(15)19(14)21-12-5-4-8-20-11-12/h9-10,12,20H,3-8,11H2,1-2H3,(H,21,22)/t12-/m1/s1/i1D3,2D3. The Bertz CT molecular complexity index is 939. The molecule has 2 heterocycles. The van der Waals surface area contributed by atoms with Crippen molar-refractivity contribution in [3.8, 4) is 11.5 Å². The smallest absolute Gasteiger partial charge is 0.162 e. The van der Waals surface area contributed by atoms with E-state index in [1.165, 1.54) is 12.1 Å². The van der Waals surface area contributed by atoms with E-state index in [1.54, 1.807) is 0 Å². The summed E-state index contributed by atoms with van der Waals surface area (Å²) in [6, 6.07) is 3.25. The second kappa shape index (κ2) is 6.48. The van der Waals surface area contributed by atoms with Gasteiger partial charge in [0.05, 0.1) is 27.8 Å². The van der Waals surface area contributed by atoms with Crippen LogP contribution < -0.4 is 20.1 Å². The predicted molar refractivity (Wildman–Crippen MR) is 96.4 cm³/mol. The van der Waals surface area contributed by atoms with Gasteiger partial charge in [0.1, 0.15) is 0 Å². The maximum Gasteiger partial charge on any atom is 0.162 e. The molecule has 1 aliphatic heterocycles. The van der Waals surface area contributed by atoms with Crippen molar-refractivity contribution in [2.24, 2.45) is 0 Å². The molecule has 1 saturated heterocycles. The van der Waals surface area contributed by atoms with Crippen LogP contribution in [0.5, 0.6) is 11.5 Å². The first kappa shape index (κ1) is 10.1. The van der Waals surface area contributed by atoms with Crippen molar-refractivity contribution in [3.05, 3.63) is 23.4 Å². The normalized spacial score (nSPS) is 24.8. The largest absolute Gasteiger partial charge is 0.493 e. The monoisotopic (exact) mass is 333 g/mol. The molecule has 0 unspecified atom stereocenters. The molecule has 0 radical (unpaired) electrons. The van der Waals surface area contributed by atoms with E-state index in [1.807, 2.05) is 0 Å². The summed E-state index contributed by atoms with van der Waals surface area (Å²) in [7, 11) is -5.49. The first-order valence-electron chi connectivity index (χ1n) is 11.4. The molecule has 0 saturated carbocycles. The quantitative estimate of drug-likeness (QED) is 0.901. The van der Waals surface area contributed by atoms with Gasteiger partial charge in [-0.3, -0.25) is 4.98 Å². The summed E-state index contributed by atoms with van der Waals surface area (Å²) in [5.74, 6) is -0.294. The van der Waals surface area contributed by atoms with E-state index in [0.717, 1.165) is 62.1 Å². The summed E-state index contributed by atoms with van der Waals surface area (Å²) in [5.41, 5.74) is 3.60. The molecule has 128 valence electrons. The van der Waals surface area contributed by atoms with Gasteiger partial charge in [0, 0.05) is 35.4 Å². The van der Waals surface area contributed by atoms with Crippen LogP contribution in [0.1, 0.15) is 38.7 Å². The third-order valence-electron chi connectivity index (χ3n) is 4.94. The highest BCUT2D eigenvalue weighted by Gasteiger charge is 2.23. The van der Waals surface area contributed by atoms with Gasteiger partial charge in [-0.15, -0.1) is 0 Å². The fourth-order valence-corrected chi connectivity index (χ4v) is 3.77. The van der Waals surface area contributed by atoms with Gasteiger partial charge >= 0.3 is 0 Å². The van der Waals surface area contributed by atoms with Gasteiger partial charge in [0.25, 0.3) is 0 Å². The fourth-order valence-electron chi connectivity index (χ4n) is 3.77. The van der Waals surface area contributed by atoms with Crippen LogP contribution >= 0.6 is 0 Å². The van der Waals surface area contributed by atoms with Gasteiger partial charge < -0.3 is 20.1 Å². The van der Waals surface area contributed by atoms with Crippen LogP contribution in [0.15, 0.2) is 12.1 Å². The fraction of sp³-hybridized carbons (Fsp3) is 0.526. The lowest BCUT2D eigenvalue weighted by Crippen LogP contribution is -2.38. The average Bonchev–Trinajstić information content (AvgIpc) is 3.09. The second-order valence-electron chi connectivity index (χ2n) is 6.47. The number of aryl methyl sites for hydroxylation is 1. The molecule has 2 N–H and O–H groups in total. The Morgan fingerprint density at radius 3 is 2.88 bits per heavy atom. The van der Waals surface area contributed by atoms with Gasteiger partial charge in [0.2, 0.25) is 0 Å². The molecule has 0 spiro atoms. The van der Waals surface area contributed by atoms with E-state index in [9.17, 15) is 0 Å². The molecule has 1 atom stereocenters. The molecular weight excluding hydrogens is 302 g/mol. The van der Waals surface area contributed by atoms with Crippen molar-refractivity contribution in [2.45, 2.75) is 38.1 Å². The summed E-state index contributed by atoms with van der Waals surface area (Å²) in [6.45, 7) is 1.84. The number of hydrogen-bond donors (Lipinski definition) is 2. The lowest BCUT2D eigenvalue weighted by molar-refractivity contribution is 0.356. The highest BCUT2D eigenvalue weighted by Crippen LogP contribution is 2.39. The van der Waals surface area contributed by atoms with Crippen LogP contribution in [0.2, 0.25) is 0 Å². The highest BCUT2D eigenvalue weighted by molar-refractivity contribution is 5.96. The first-order valence-corrected chi connectivity index (χ1v) is 8.44. The van der Waals surface area contributed by atoms with Crippen molar-refractivity contribution in [1.29, 1.82) is 0 Å². The molecule has 1 fully saturated rings. The summed E-state index contributed by atoms with van der Waals surface area (Å²) < 4.78 is 54.8. The Hall–Kier alpha value is -2.01. The van der Waals surface area contributed by atoms with Crippen molar-refractivity contribution >= 4 is 16.6 Å². The number of pyridine rings is 1. The van der Waals surface area contributed by atoms with Crippen LogP contribution in [0.4, 0.5) is 5.69 Å². The van der Waals surface area contributed by atoms with Crippen LogP contribution in [0.3, 0.4) is 0 Å². The third kappa shape index (κ3) is 2.67. The Morgan fingerprint density at radius 2 is 2.08 bits per heavy atom. The highest BCUT2D eigenvalue weighted by atomic mass is 16.5. The zero-order chi connectivity index (χ0) is 21.5. The van der Waals surface area contributed by atoms with Gasteiger partial charge in [0.15, 0.2) is 11.5 Å². The number of nitrogens with zero attached hydrogens (tertiary/aromatic N) is 1. The predicted octanol–water partition coefficient (Wildman–Crippen LogP) is 2.90. The van der Waals surface area contributed by atoms with Crippen LogP contribution in [0.25, 0.3) is 10.9 Å². The molecular formula is C19H25N3O2. The SMILES string of the molecule is [2H]C([2H])([2H])Oc1cc2nc3c(c(N[C@@H]4CCCNC4)c2cc1OC([2H])([2H])[2H])CCC3. The minimum Gasteiger partial charge on any atom is -0.493 e. The van der Waals surface area contributed by atoms with Crippen molar-refractivity contribution in [1.82, 2.24) is 10.3 Å². The topological polar surface area (TPSA) is 55.4 Å². The Kier molecular flexibility index (Phi) is 2.72. The molecule has 4 rings (SSSR count). The number of benzene rings is 1. The zero-order valence-electron chi connectivity index (χ0n) is 19.4. The van der Waals surface area contributed by atoms with Gasteiger partial charge in [-0.25, -0.2) is 0 Å². The number of aromatic nitrogens is 1. The maximum absolute atomic E-state index is 7.46. The lowest BCUT2D eigenvalue weighted by Gasteiger charge is -2.27. The molecule has 5 nitrogen and oxygen atoms in total. The summed E-state index contributed by atoms with van der Waals surface area (Å²) in [5, 5.41) is 7.73. The number of nitrogens with one attached hydrogen (secondary N) is 2. The molecule has 1 aliphatic carbocycles. The van der Waals surface area contributed by atoms with E-state index in [4.69, 9.17) is 22.7 Å². The number of piperidine rings is 1. The number of rotatable bonds is 4. The van der Waals surface area contributed by atoms with Crippen molar-refractivity contribution < 1.29 is 17.7 Å². The Morgan fingerprint density at radius 1 is 1.21 bits per heavy atom. The van der Waals surface area contributed by atoms with E-state index < -0.39 is 14.1 Å². The van der Waals surface area contributed by atoms with Crippen molar-refractivity contribution in [2.75, 3.05) is 32.5 Å². The average molecular weight is 333 g/mol. The zero-order valence-corrected chi connectivity index (χ0v) is 13.4. The summed E-state index contributed by atoms with van der Waals surface area (Å²) >= 11 is 0. The molecule has 0 amide bonds. The molecule has 5 heteroatoms. The second-order valence-corrected chi connectivity index (χ2v) is 6.47. The van der Waals surface area contributed by atoms with Gasteiger partial charge in [-0.1, -0.05) is 0 Å². The van der Waals surface area contributed by atoms with Crippen LogP contribution in [0, 0.1) is 0 Å². The van der Waals surface area contributed by atoms with E-state index in [-0.39, 0.29) is 17.5 Å². The Balaban J connectivity index is 1.85. The molecule has 24 heavy (non-hydrogen) atoms. The minimum atomic E-state index is -2.74. The molecule has 2 aromatic rings. The summed E-state index contributed by atoms with van der Waals surface area (Å²) in [6.07, 6.45) is 4.85. The summed E-state index contributed by atoms with van der Waals surface area (Å²) in [4.78, 5) is 4.72. The number of anilines is 1. The molecule has 1 aromatic carbocycles. The van der Waals surface area contributed by atoms with Crippen LogP contribution in [-0.4, -0.2) is 38.2 Å². The number of ether oxygens (including phenoxy) is 2. The Labute approximate surface area is 151 Å². The molecule has 1 aromatic heterocycles. The number of methoxy groups -OCH3 is 2. The lowest BCUT2D eigenvalue weighted by atomic mass is 10.0. The van der Waals surface area contributed by atoms with E-state index in [0.29, 0.717) is 10.9 Å². The van der Waals surface area contributed by atoms with Gasteiger partial charge in [-0.05, 0) is 50.3 Å².